The minimum atomic E-state index is 0.479. The number of hydrogen-bond acceptors (Lipinski definition) is 0. The van der Waals surface area contributed by atoms with Gasteiger partial charge in [0.2, 0.25) is 0 Å². The van der Waals surface area contributed by atoms with Crippen LogP contribution in [0.3, 0.4) is 0 Å². The van der Waals surface area contributed by atoms with Crippen LogP contribution in [0.2, 0.25) is 0 Å². The van der Waals surface area contributed by atoms with Crippen molar-refractivity contribution in [2.75, 3.05) is 0 Å². The zero-order chi connectivity index (χ0) is 14.0. The smallest absolute Gasteiger partial charge is 0.00443 e. The van der Waals surface area contributed by atoms with Crippen molar-refractivity contribution in [3.05, 3.63) is 35.5 Å². The standard InChI is InChI=1S/C20H28/c1-14-8-12-20(3)15(13-14)6-7-16-17-5-4-10-19(17,2)11-9-18(16)20/h4,6,10,13,16-18H,5,7-9,11-12H2,1-3H3/t16?,17?,18?,19-,20-/m0/s1. The highest BCUT2D eigenvalue weighted by Crippen LogP contribution is 2.62. The van der Waals surface area contributed by atoms with Crippen molar-refractivity contribution < 1.29 is 0 Å². The van der Waals surface area contributed by atoms with E-state index in [4.69, 9.17) is 0 Å². The third kappa shape index (κ3) is 1.60. The summed E-state index contributed by atoms with van der Waals surface area (Å²) < 4.78 is 0. The number of fused-ring (bicyclic) bond motifs is 5. The molecule has 4 aliphatic rings. The first-order valence-electron chi connectivity index (χ1n) is 8.58. The van der Waals surface area contributed by atoms with Crippen LogP contribution in [0.15, 0.2) is 35.5 Å². The quantitative estimate of drug-likeness (QED) is 0.496. The second-order valence-corrected chi connectivity index (χ2v) is 8.36. The van der Waals surface area contributed by atoms with Crippen molar-refractivity contribution in [1.29, 1.82) is 0 Å². The molecule has 108 valence electrons. The van der Waals surface area contributed by atoms with E-state index in [2.05, 4.69) is 45.1 Å². The van der Waals surface area contributed by atoms with Crippen molar-refractivity contribution in [3.63, 3.8) is 0 Å². The first-order chi connectivity index (χ1) is 9.53. The van der Waals surface area contributed by atoms with E-state index in [0.29, 0.717) is 10.8 Å². The maximum atomic E-state index is 2.61. The molecule has 0 aromatic rings. The highest BCUT2D eigenvalue weighted by Gasteiger charge is 2.53. The molecule has 0 amide bonds. The molecule has 0 aliphatic heterocycles. The largest absolute Gasteiger partial charge is 0.0877 e. The summed E-state index contributed by atoms with van der Waals surface area (Å²) in [6.07, 6.45) is 18.4. The van der Waals surface area contributed by atoms with E-state index in [1.54, 1.807) is 11.1 Å². The summed E-state index contributed by atoms with van der Waals surface area (Å²) in [6.45, 7) is 7.40. The Bertz CT molecular complexity index is 520. The van der Waals surface area contributed by atoms with Gasteiger partial charge in [-0.15, -0.1) is 0 Å². The Balaban J connectivity index is 1.73. The van der Waals surface area contributed by atoms with Crippen molar-refractivity contribution >= 4 is 0 Å². The second kappa shape index (κ2) is 4.12. The third-order valence-electron chi connectivity index (χ3n) is 7.29. The van der Waals surface area contributed by atoms with Crippen molar-refractivity contribution in [2.45, 2.75) is 59.3 Å². The Kier molecular flexibility index (Phi) is 2.66. The van der Waals surface area contributed by atoms with E-state index < -0.39 is 0 Å². The predicted octanol–water partition coefficient (Wildman–Crippen LogP) is 5.67. The van der Waals surface area contributed by atoms with Crippen LogP contribution in [0, 0.1) is 28.6 Å². The van der Waals surface area contributed by atoms with Crippen molar-refractivity contribution in [3.8, 4) is 0 Å². The Hall–Kier alpha value is -0.780. The molecule has 0 saturated heterocycles. The van der Waals surface area contributed by atoms with Gasteiger partial charge < -0.3 is 0 Å². The van der Waals surface area contributed by atoms with Crippen LogP contribution in [0.4, 0.5) is 0 Å². The van der Waals surface area contributed by atoms with E-state index >= 15 is 0 Å². The predicted molar refractivity (Wildman–Crippen MR) is 85.4 cm³/mol. The molecular weight excluding hydrogens is 240 g/mol. The van der Waals surface area contributed by atoms with Crippen LogP contribution < -0.4 is 0 Å². The van der Waals surface area contributed by atoms with Crippen LogP contribution in [0.1, 0.15) is 59.3 Å². The lowest BCUT2D eigenvalue weighted by atomic mass is 9.48. The molecule has 20 heavy (non-hydrogen) atoms. The van der Waals surface area contributed by atoms with Gasteiger partial charge in [-0.3, -0.25) is 0 Å². The van der Waals surface area contributed by atoms with Crippen LogP contribution in [-0.2, 0) is 0 Å². The Morgan fingerprint density at radius 3 is 2.80 bits per heavy atom. The average Bonchev–Trinajstić information content (AvgIpc) is 2.81. The molecule has 0 radical (unpaired) electrons. The molecule has 1 saturated carbocycles. The van der Waals surface area contributed by atoms with Crippen LogP contribution in [-0.4, -0.2) is 0 Å². The molecule has 0 heterocycles. The molecule has 4 aliphatic carbocycles. The molecule has 1 fully saturated rings. The SMILES string of the molecule is CC1=CC2=CCC3C4CC=C[C@@]4(C)CCC3[C@@]2(C)CC1. The van der Waals surface area contributed by atoms with E-state index in [0.717, 1.165) is 17.8 Å². The fraction of sp³-hybridized carbons (Fsp3) is 0.700. The van der Waals surface area contributed by atoms with Crippen molar-refractivity contribution in [1.82, 2.24) is 0 Å². The fourth-order valence-corrected chi connectivity index (χ4v) is 5.95. The van der Waals surface area contributed by atoms with Crippen LogP contribution >= 0.6 is 0 Å². The lowest BCUT2D eigenvalue weighted by molar-refractivity contribution is -0.00555. The normalized spacial score (nSPS) is 49.9. The zero-order valence-electron chi connectivity index (χ0n) is 13.3. The summed E-state index contributed by atoms with van der Waals surface area (Å²) >= 11 is 0. The molecule has 0 aromatic heterocycles. The summed E-state index contributed by atoms with van der Waals surface area (Å²) in [7, 11) is 0. The number of rotatable bonds is 0. The van der Waals surface area contributed by atoms with E-state index in [1.165, 1.54) is 38.5 Å². The first-order valence-corrected chi connectivity index (χ1v) is 8.58. The Labute approximate surface area is 124 Å². The lowest BCUT2D eigenvalue weighted by Crippen LogP contribution is -2.47. The van der Waals surface area contributed by atoms with Gasteiger partial charge in [-0.2, -0.15) is 0 Å². The summed E-state index contributed by atoms with van der Waals surface area (Å²) in [5.74, 6) is 2.79. The van der Waals surface area contributed by atoms with Gasteiger partial charge in [-0.1, -0.05) is 43.7 Å². The molecule has 3 unspecified atom stereocenters. The molecule has 5 atom stereocenters. The highest BCUT2D eigenvalue weighted by atomic mass is 14.6. The molecule has 0 N–H and O–H groups in total. The average molecular weight is 268 g/mol. The van der Waals surface area contributed by atoms with E-state index in [1.807, 2.05) is 0 Å². The maximum Gasteiger partial charge on any atom is -0.00443 e. The van der Waals surface area contributed by atoms with Crippen LogP contribution in [0.5, 0.6) is 0 Å². The molecule has 0 bridgehead atoms. The monoisotopic (exact) mass is 268 g/mol. The zero-order valence-corrected chi connectivity index (χ0v) is 13.3. The fourth-order valence-electron chi connectivity index (χ4n) is 5.95. The van der Waals surface area contributed by atoms with Gasteiger partial charge >= 0.3 is 0 Å². The van der Waals surface area contributed by atoms with Gasteiger partial charge in [0.05, 0.1) is 0 Å². The Morgan fingerprint density at radius 1 is 1.10 bits per heavy atom. The molecule has 0 heteroatoms. The number of allylic oxidation sites excluding steroid dienone is 6. The molecule has 0 aromatic carbocycles. The minimum Gasteiger partial charge on any atom is -0.0877 e. The summed E-state index contributed by atoms with van der Waals surface area (Å²) in [4.78, 5) is 0. The van der Waals surface area contributed by atoms with Gasteiger partial charge in [-0.25, -0.2) is 0 Å². The van der Waals surface area contributed by atoms with Crippen molar-refractivity contribution in [2.24, 2.45) is 28.6 Å². The molecule has 4 rings (SSSR count). The third-order valence-corrected chi connectivity index (χ3v) is 7.29. The topological polar surface area (TPSA) is 0 Å². The van der Waals surface area contributed by atoms with Gasteiger partial charge in [0.25, 0.3) is 0 Å². The lowest BCUT2D eigenvalue weighted by Gasteiger charge is -2.56. The minimum absolute atomic E-state index is 0.479. The summed E-state index contributed by atoms with van der Waals surface area (Å²) in [5.41, 5.74) is 4.27. The first kappa shape index (κ1) is 12.9. The van der Waals surface area contributed by atoms with Crippen LogP contribution in [0.25, 0.3) is 0 Å². The van der Waals surface area contributed by atoms with Gasteiger partial charge in [-0.05, 0) is 79.6 Å². The molecule has 0 nitrogen and oxygen atoms in total. The molecular formula is C20H28. The molecule has 0 spiro atoms. The van der Waals surface area contributed by atoms with Gasteiger partial charge in [0.1, 0.15) is 0 Å². The van der Waals surface area contributed by atoms with Gasteiger partial charge in [0, 0.05) is 0 Å². The highest BCUT2D eigenvalue weighted by molar-refractivity contribution is 5.37. The van der Waals surface area contributed by atoms with E-state index in [9.17, 15) is 0 Å². The summed E-state index contributed by atoms with van der Waals surface area (Å²) in [6, 6.07) is 0. The Morgan fingerprint density at radius 2 is 1.95 bits per heavy atom. The summed E-state index contributed by atoms with van der Waals surface area (Å²) in [5, 5.41) is 0. The van der Waals surface area contributed by atoms with Gasteiger partial charge in [0.15, 0.2) is 0 Å². The van der Waals surface area contributed by atoms with E-state index in [-0.39, 0.29) is 0 Å². The number of hydrogen-bond donors (Lipinski definition) is 0. The second-order valence-electron chi connectivity index (χ2n) is 8.36. The maximum absolute atomic E-state index is 2.61.